The molecular formula is C32H27F4N3O4. The van der Waals surface area contributed by atoms with Crippen LogP contribution >= 0.6 is 0 Å². The smallest absolute Gasteiger partial charge is 0.303 e. The standard InChI is InChI=1S/C32H27F4N3O4/c1-31(2)15-32(3,20-6-4-5-16(28(20)43-31)7-10-23(40)41)22-14-38-30(39-22)19-13-17(8-9-21(19)33)42-29-24(34)18-11-12-37-27(18)25(35)26(29)36/h4-6,8-9,11-14,37H,7,10,15H2,1-3H3,(H,38,39)(H,40,41)/t32-/m1/s1. The van der Waals surface area contributed by atoms with Crippen LogP contribution in [0.1, 0.15) is 50.4 Å². The number of carboxylic acid groups (broad SMARTS) is 1. The Labute approximate surface area is 243 Å². The van der Waals surface area contributed by atoms with Gasteiger partial charge in [0.2, 0.25) is 11.6 Å². The summed E-state index contributed by atoms with van der Waals surface area (Å²) in [6.45, 7) is 5.86. The van der Waals surface area contributed by atoms with Crippen LogP contribution in [0, 0.1) is 23.3 Å². The normalized spacial score (nSPS) is 17.5. The maximum atomic E-state index is 15.1. The quantitative estimate of drug-likeness (QED) is 0.132. The highest BCUT2D eigenvalue weighted by atomic mass is 19.2. The van der Waals surface area contributed by atoms with E-state index < -0.39 is 46.0 Å². The first-order chi connectivity index (χ1) is 20.4. The van der Waals surface area contributed by atoms with Crippen LogP contribution in [-0.2, 0) is 16.6 Å². The molecule has 0 radical (unpaired) electrons. The van der Waals surface area contributed by atoms with E-state index in [1.807, 2.05) is 39.0 Å². The zero-order valence-corrected chi connectivity index (χ0v) is 23.4. The minimum Gasteiger partial charge on any atom is -0.487 e. The molecule has 5 aromatic rings. The summed E-state index contributed by atoms with van der Waals surface area (Å²) in [7, 11) is 0. The molecule has 2 aromatic heterocycles. The van der Waals surface area contributed by atoms with E-state index in [-0.39, 0.29) is 40.9 Å². The fraction of sp³-hybridized carbons (Fsp3) is 0.250. The molecule has 6 rings (SSSR count). The van der Waals surface area contributed by atoms with E-state index in [1.54, 1.807) is 6.20 Å². The molecule has 0 amide bonds. The molecule has 0 unspecified atom stereocenters. The van der Waals surface area contributed by atoms with Crippen molar-refractivity contribution in [3.8, 4) is 28.6 Å². The van der Waals surface area contributed by atoms with Crippen molar-refractivity contribution in [1.29, 1.82) is 0 Å². The maximum absolute atomic E-state index is 15.1. The second-order valence-electron chi connectivity index (χ2n) is 11.5. The molecule has 0 aliphatic carbocycles. The highest BCUT2D eigenvalue weighted by Crippen LogP contribution is 2.50. The van der Waals surface area contributed by atoms with Crippen LogP contribution in [0.2, 0.25) is 0 Å². The number of carbonyl (C=O) groups is 1. The van der Waals surface area contributed by atoms with Crippen molar-refractivity contribution in [3.05, 3.63) is 94.9 Å². The molecule has 222 valence electrons. The van der Waals surface area contributed by atoms with E-state index in [0.29, 0.717) is 17.9 Å². The molecule has 0 saturated carbocycles. The van der Waals surface area contributed by atoms with Crippen molar-refractivity contribution < 1.29 is 36.9 Å². The highest BCUT2D eigenvalue weighted by molar-refractivity contribution is 5.82. The van der Waals surface area contributed by atoms with Gasteiger partial charge in [-0.15, -0.1) is 0 Å². The van der Waals surface area contributed by atoms with Crippen molar-refractivity contribution in [3.63, 3.8) is 0 Å². The van der Waals surface area contributed by atoms with Crippen molar-refractivity contribution >= 4 is 16.9 Å². The second-order valence-corrected chi connectivity index (χ2v) is 11.5. The minimum atomic E-state index is -1.52. The van der Waals surface area contributed by atoms with Crippen molar-refractivity contribution in [1.82, 2.24) is 15.0 Å². The van der Waals surface area contributed by atoms with Crippen LogP contribution in [-0.4, -0.2) is 31.6 Å². The number of halogens is 4. The minimum absolute atomic E-state index is 0.0295. The monoisotopic (exact) mass is 593 g/mol. The number of benzene rings is 3. The Hall–Kier alpha value is -4.80. The Morgan fingerprint density at radius 3 is 2.60 bits per heavy atom. The van der Waals surface area contributed by atoms with Crippen molar-refractivity contribution in [2.24, 2.45) is 0 Å². The van der Waals surface area contributed by atoms with E-state index >= 15 is 4.39 Å². The van der Waals surface area contributed by atoms with Crippen LogP contribution < -0.4 is 9.47 Å². The molecule has 1 aliphatic heterocycles. The number of H-pyrrole nitrogens is 2. The summed E-state index contributed by atoms with van der Waals surface area (Å²) in [6.07, 6.45) is 3.68. The molecule has 11 heteroatoms. The summed E-state index contributed by atoms with van der Waals surface area (Å²) in [5, 5.41) is 9.03. The first kappa shape index (κ1) is 28.3. The lowest BCUT2D eigenvalue weighted by Gasteiger charge is -2.44. The third-order valence-corrected chi connectivity index (χ3v) is 7.81. The molecule has 3 aromatic carbocycles. The number of hydrogen-bond acceptors (Lipinski definition) is 4. The molecule has 43 heavy (non-hydrogen) atoms. The molecule has 0 saturated heterocycles. The maximum Gasteiger partial charge on any atom is 0.303 e. The largest absolute Gasteiger partial charge is 0.487 e. The fourth-order valence-electron chi connectivity index (χ4n) is 5.93. The van der Waals surface area contributed by atoms with Crippen LogP contribution in [0.5, 0.6) is 17.2 Å². The number of fused-ring (bicyclic) bond motifs is 2. The Kier molecular flexibility index (Phi) is 6.71. The molecule has 1 aliphatic rings. The van der Waals surface area contributed by atoms with Crippen LogP contribution in [0.15, 0.2) is 54.9 Å². The average Bonchev–Trinajstić information content (AvgIpc) is 3.65. The summed E-state index contributed by atoms with van der Waals surface area (Å²) in [6, 6.07) is 10.3. The lowest BCUT2D eigenvalue weighted by Crippen LogP contribution is -2.44. The number of hydrogen-bond donors (Lipinski definition) is 3. The zero-order valence-electron chi connectivity index (χ0n) is 23.4. The van der Waals surface area contributed by atoms with E-state index in [9.17, 15) is 23.1 Å². The van der Waals surface area contributed by atoms with Gasteiger partial charge in [-0.25, -0.2) is 18.2 Å². The van der Waals surface area contributed by atoms with E-state index in [1.165, 1.54) is 24.4 Å². The van der Waals surface area contributed by atoms with Gasteiger partial charge in [-0.05, 0) is 57.0 Å². The number of aromatic amines is 2. The predicted octanol–water partition coefficient (Wildman–Crippen LogP) is 7.79. The van der Waals surface area contributed by atoms with Gasteiger partial charge in [0.1, 0.15) is 28.7 Å². The van der Waals surface area contributed by atoms with Crippen molar-refractivity contribution in [2.45, 2.75) is 51.0 Å². The molecule has 0 spiro atoms. The summed E-state index contributed by atoms with van der Waals surface area (Å²) in [5.74, 6) is -5.84. The van der Waals surface area contributed by atoms with Gasteiger partial charge in [0.05, 0.1) is 16.8 Å². The molecule has 3 N–H and O–H groups in total. The highest BCUT2D eigenvalue weighted by Gasteiger charge is 2.45. The van der Waals surface area contributed by atoms with Crippen LogP contribution in [0.25, 0.3) is 22.3 Å². The van der Waals surface area contributed by atoms with E-state index in [0.717, 1.165) is 17.2 Å². The molecule has 7 nitrogen and oxygen atoms in total. The fourth-order valence-corrected chi connectivity index (χ4v) is 5.93. The van der Waals surface area contributed by atoms with Gasteiger partial charge in [-0.1, -0.05) is 18.2 Å². The number of nitrogens with zero attached hydrogens (tertiary/aromatic N) is 1. The Balaban J connectivity index is 1.37. The Morgan fingerprint density at radius 2 is 1.84 bits per heavy atom. The second kappa shape index (κ2) is 10.2. The Bertz CT molecular complexity index is 1900. The number of aryl methyl sites for hydroxylation is 1. The van der Waals surface area contributed by atoms with E-state index in [4.69, 9.17) is 14.5 Å². The lowest BCUT2D eigenvalue weighted by molar-refractivity contribution is -0.136. The number of ether oxygens (including phenoxy) is 2. The number of carboxylic acids is 1. The number of imidazole rings is 1. The number of rotatable bonds is 7. The van der Waals surface area contributed by atoms with Gasteiger partial charge in [-0.2, -0.15) is 4.39 Å². The average molecular weight is 594 g/mol. The molecule has 0 bridgehead atoms. The third kappa shape index (κ3) is 4.88. The molecule has 0 fully saturated rings. The van der Waals surface area contributed by atoms with Crippen LogP contribution in [0.3, 0.4) is 0 Å². The first-order valence-electron chi connectivity index (χ1n) is 13.6. The topological polar surface area (TPSA) is 100 Å². The van der Waals surface area contributed by atoms with Gasteiger partial charge in [0, 0.05) is 41.6 Å². The summed E-state index contributed by atoms with van der Waals surface area (Å²) >= 11 is 0. The Morgan fingerprint density at radius 1 is 1.05 bits per heavy atom. The van der Waals surface area contributed by atoms with Gasteiger partial charge in [0.25, 0.3) is 0 Å². The van der Waals surface area contributed by atoms with E-state index in [2.05, 4.69) is 9.97 Å². The summed E-state index contributed by atoms with van der Waals surface area (Å²) < 4.78 is 71.1. The molecular weight excluding hydrogens is 566 g/mol. The predicted molar refractivity (Wildman–Crippen MR) is 150 cm³/mol. The SMILES string of the molecule is CC1(C)C[C@@](C)(c2c[nH]c(-c3cc(Oc4c(F)c(F)c5[nH]ccc5c4F)ccc3F)n2)c2cccc(CCC(=O)O)c2O1. The molecule has 1 atom stereocenters. The van der Waals surface area contributed by atoms with Gasteiger partial charge in [-0.3, -0.25) is 4.79 Å². The zero-order chi connectivity index (χ0) is 30.7. The number of nitrogens with one attached hydrogen (secondary N) is 2. The summed E-state index contributed by atoms with van der Waals surface area (Å²) in [5.41, 5.74) is 0.467. The first-order valence-corrected chi connectivity index (χ1v) is 13.6. The van der Waals surface area contributed by atoms with Gasteiger partial charge >= 0.3 is 5.97 Å². The van der Waals surface area contributed by atoms with Gasteiger partial charge in [0.15, 0.2) is 11.6 Å². The third-order valence-electron chi connectivity index (χ3n) is 7.81. The summed E-state index contributed by atoms with van der Waals surface area (Å²) in [4.78, 5) is 21.4. The van der Waals surface area contributed by atoms with Crippen LogP contribution in [0.4, 0.5) is 17.6 Å². The van der Waals surface area contributed by atoms with Crippen molar-refractivity contribution in [2.75, 3.05) is 0 Å². The lowest BCUT2D eigenvalue weighted by atomic mass is 9.69. The molecule has 3 heterocycles. The number of aromatic nitrogens is 3. The number of aliphatic carboxylic acids is 1. The number of para-hydroxylation sites is 1. The van der Waals surface area contributed by atoms with Gasteiger partial charge < -0.3 is 24.5 Å².